The molecule has 2 N–H and O–H groups in total. The van der Waals surface area contributed by atoms with Crippen molar-refractivity contribution in [3.05, 3.63) is 42.3 Å². The van der Waals surface area contributed by atoms with Gasteiger partial charge in [-0.05, 0) is 25.0 Å². The fraction of sp³-hybridized carbons (Fsp3) is 0.350. The van der Waals surface area contributed by atoms with Crippen LogP contribution in [0.5, 0.6) is 5.75 Å². The van der Waals surface area contributed by atoms with Crippen LogP contribution in [0.4, 0.5) is 11.5 Å². The van der Waals surface area contributed by atoms with Gasteiger partial charge in [0.1, 0.15) is 0 Å². The maximum atomic E-state index is 12.3. The summed E-state index contributed by atoms with van der Waals surface area (Å²) in [6.45, 7) is 3.09. The first-order chi connectivity index (χ1) is 13.7. The number of hydrogen-bond donors (Lipinski definition) is 2. The van der Waals surface area contributed by atoms with E-state index in [9.17, 15) is 4.79 Å². The van der Waals surface area contributed by atoms with E-state index in [0.29, 0.717) is 30.2 Å². The van der Waals surface area contributed by atoms with Crippen molar-refractivity contribution in [2.45, 2.75) is 12.8 Å². The average molecular weight is 381 g/mol. The molecule has 8 nitrogen and oxygen atoms in total. The molecule has 8 heteroatoms. The number of amides is 1. The minimum atomic E-state index is -0.267. The predicted molar refractivity (Wildman–Crippen MR) is 107 cm³/mol. The van der Waals surface area contributed by atoms with Crippen LogP contribution in [0.3, 0.4) is 0 Å². The van der Waals surface area contributed by atoms with Crippen molar-refractivity contribution in [1.82, 2.24) is 15.5 Å². The molecule has 28 heavy (non-hydrogen) atoms. The molecule has 0 radical (unpaired) electrons. The second-order valence-electron chi connectivity index (χ2n) is 6.67. The molecule has 1 saturated heterocycles. The van der Waals surface area contributed by atoms with Gasteiger partial charge < -0.3 is 24.7 Å². The Balaban J connectivity index is 1.30. The van der Waals surface area contributed by atoms with Gasteiger partial charge in [0.05, 0.1) is 19.0 Å². The van der Waals surface area contributed by atoms with Gasteiger partial charge in [0.2, 0.25) is 0 Å². The lowest BCUT2D eigenvalue weighted by Crippen LogP contribution is -2.28. The van der Waals surface area contributed by atoms with Gasteiger partial charge in [-0.25, -0.2) is 0 Å². The third-order valence-electron chi connectivity index (χ3n) is 4.78. The minimum Gasteiger partial charge on any atom is -0.493 e. The van der Waals surface area contributed by atoms with Gasteiger partial charge in [0.15, 0.2) is 22.9 Å². The summed E-state index contributed by atoms with van der Waals surface area (Å²) in [5.41, 5.74) is 1.65. The normalized spacial score (nSPS) is 13.7. The number of ether oxygens (including phenoxy) is 1. The molecule has 0 saturated carbocycles. The van der Waals surface area contributed by atoms with Gasteiger partial charge in [-0.15, -0.1) is 5.10 Å². The van der Waals surface area contributed by atoms with E-state index in [0.717, 1.165) is 24.2 Å². The number of benzene rings is 1. The SMILES string of the molecule is COc1cccc2cc(C(=O)NCCNc3cc(N4CCCC4)cnn3)oc12. The van der Waals surface area contributed by atoms with Crippen molar-refractivity contribution in [3.8, 4) is 5.75 Å². The molecule has 1 aromatic carbocycles. The Hall–Kier alpha value is -3.29. The number of nitrogens with one attached hydrogen (secondary N) is 2. The first kappa shape index (κ1) is 18.1. The molecule has 0 atom stereocenters. The van der Waals surface area contributed by atoms with Crippen molar-refractivity contribution >= 4 is 28.4 Å². The smallest absolute Gasteiger partial charge is 0.287 e. The van der Waals surface area contributed by atoms with Crippen LogP contribution in [0.1, 0.15) is 23.4 Å². The predicted octanol–water partition coefficient (Wildman–Crippen LogP) is 2.67. The minimum absolute atomic E-state index is 0.260. The molecule has 1 amide bonds. The summed E-state index contributed by atoms with van der Waals surface area (Å²) in [4.78, 5) is 14.6. The van der Waals surface area contributed by atoms with Crippen molar-refractivity contribution in [3.63, 3.8) is 0 Å². The van der Waals surface area contributed by atoms with E-state index in [1.54, 1.807) is 25.4 Å². The number of anilines is 2. The van der Waals surface area contributed by atoms with Gasteiger partial charge >= 0.3 is 0 Å². The summed E-state index contributed by atoms with van der Waals surface area (Å²) in [6, 6.07) is 9.25. The number of rotatable bonds is 7. The third-order valence-corrected chi connectivity index (χ3v) is 4.78. The van der Waals surface area contributed by atoms with Gasteiger partial charge in [-0.3, -0.25) is 4.79 Å². The summed E-state index contributed by atoms with van der Waals surface area (Å²) in [7, 11) is 1.57. The number of furan rings is 1. The van der Waals surface area contributed by atoms with E-state index in [1.807, 2.05) is 18.2 Å². The second-order valence-corrected chi connectivity index (χ2v) is 6.67. The molecule has 1 fully saturated rings. The molecule has 1 aliphatic heterocycles. The highest BCUT2D eigenvalue weighted by atomic mass is 16.5. The van der Waals surface area contributed by atoms with Crippen LogP contribution in [0, 0.1) is 0 Å². The molecule has 146 valence electrons. The first-order valence-corrected chi connectivity index (χ1v) is 9.41. The van der Waals surface area contributed by atoms with Gasteiger partial charge in [0.25, 0.3) is 5.91 Å². The molecular formula is C20H23N5O3. The second kappa shape index (κ2) is 8.16. The molecule has 2 aromatic heterocycles. The highest BCUT2D eigenvalue weighted by molar-refractivity contribution is 5.97. The van der Waals surface area contributed by atoms with Gasteiger partial charge in [-0.1, -0.05) is 12.1 Å². The molecular weight excluding hydrogens is 358 g/mol. The molecule has 0 spiro atoms. The molecule has 1 aliphatic rings. The molecule has 0 bridgehead atoms. The topological polar surface area (TPSA) is 92.5 Å². The summed E-state index contributed by atoms with van der Waals surface area (Å²) in [5.74, 6) is 1.30. The maximum Gasteiger partial charge on any atom is 0.287 e. The summed E-state index contributed by atoms with van der Waals surface area (Å²) in [6.07, 6.45) is 4.21. The Kier molecular flexibility index (Phi) is 5.27. The number of aromatic nitrogens is 2. The van der Waals surface area contributed by atoms with Gasteiger partial charge in [-0.2, -0.15) is 5.10 Å². The molecule has 0 aliphatic carbocycles. The lowest BCUT2D eigenvalue weighted by Gasteiger charge is -2.17. The number of carbonyl (C=O) groups excluding carboxylic acids is 1. The van der Waals surface area contributed by atoms with Gasteiger partial charge in [0, 0.05) is 37.6 Å². The lowest BCUT2D eigenvalue weighted by atomic mass is 10.2. The van der Waals surface area contributed by atoms with Crippen LogP contribution < -0.4 is 20.3 Å². The summed E-state index contributed by atoms with van der Waals surface area (Å²) < 4.78 is 10.9. The Morgan fingerprint density at radius 3 is 2.93 bits per heavy atom. The quantitative estimate of drug-likeness (QED) is 0.608. The lowest BCUT2D eigenvalue weighted by molar-refractivity contribution is 0.0929. The van der Waals surface area contributed by atoms with Crippen LogP contribution in [0.25, 0.3) is 11.0 Å². The van der Waals surface area contributed by atoms with Crippen molar-refractivity contribution in [1.29, 1.82) is 0 Å². The average Bonchev–Trinajstić information content (AvgIpc) is 3.41. The maximum absolute atomic E-state index is 12.3. The number of fused-ring (bicyclic) bond motifs is 1. The molecule has 3 heterocycles. The molecule has 4 rings (SSSR count). The Bertz CT molecular complexity index is 965. The fourth-order valence-corrected chi connectivity index (χ4v) is 3.35. The van der Waals surface area contributed by atoms with Crippen LogP contribution >= 0.6 is 0 Å². The Labute approximate surface area is 162 Å². The number of carbonyl (C=O) groups is 1. The first-order valence-electron chi connectivity index (χ1n) is 9.41. The molecule has 3 aromatic rings. The van der Waals surface area contributed by atoms with Crippen LogP contribution in [0.15, 0.2) is 40.9 Å². The zero-order valence-electron chi connectivity index (χ0n) is 15.8. The van der Waals surface area contributed by atoms with E-state index in [4.69, 9.17) is 9.15 Å². The van der Waals surface area contributed by atoms with Crippen LogP contribution in [-0.4, -0.2) is 49.4 Å². The Morgan fingerprint density at radius 2 is 2.11 bits per heavy atom. The molecule has 0 unspecified atom stereocenters. The zero-order chi connectivity index (χ0) is 19.3. The number of para-hydroxylation sites is 1. The standard InChI is InChI=1S/C20H23N5O3/c1-27-16-6-4-5-14-11-17(28-19(14)16)20(26)22-8-7-21-18-12-15(13-23-24-18)25-9-2-3-10-25/h4-6,11-13H,2-3,7-10H2,1H3,(H,21,24)(H,22,26). The van der Waals surface area contributed by atoms with E-state index in [2.05, 4.69) is 25.7 Å². The number of nitrogens with zero attached hydrogens (tertiary/aromatic N) is 3. The van der Waals surface area contributed by atoms with Crippen molar-refractivity contribution in [2.24, 2.45) is 0 Å². The van der Waals surface area contributed by atoms with E-state index in [1.165, 1.54) is 12.8 Å². The summed E-state index contributed by atoms with van der Waals surface area (Å²) >= 11 is 0. The number of hydrogen-bond acceptors (Lipinski definition) is 7. The van der Waals surface area contributed by atoms with Crippen molar-refractivity contribution < 1.29 is 13.9 Å². The monoisotopic (exact) mass is 381 g/mol. The highest BCUT2D eigenvalue weighted by Gasteiger charge is 2.15. The van der Waals surface area contributed by atoms with Crippen LogP contribution in [0.2, 0.25) is 0 Å². The highest BCUT2D eigenvalue weighted by Crippen LogP contribution is 2.28. The van der Waals surface area contributed by atoms with Crippen molar-refractivity contribution in [2.75, 3.05) is 43.5 Å². The largest absolute Gasteiger partial charge is 0.493 e. The third kappa shape index (κ3) is 3.85. The summed E-state index contributed by atoms with van der Waals surface area (Å²) in [5, 5.41) is 15.0. The van der Waals surface area contributed by atoms with Crippen LogP contribution in [-0.2, 0) is 0 Å². The zero-order valence-corrected chi connectivity index (χ0v) is 15.8. The Morgan fingerprint density at radius 1 is 1.25 bits per heavy atom. The number of methoxy groups -OCH3 is 1. The van der Waals surface area contributed by atoms with E-state index >= 15 is 0 Å². The fourth-order valence-electron chi connectivity index (χ4n) is 3.35. The van der Waals surface area contributed by atoms with E-state index in [-0.39, 0.29) is 11.7 Å². The van der Waals surface area contributed by atoms with E-state index < -0.39 is 0 Å².